The van der Waals surface area contributed by atoms with E-state index in [0.29, 0.717) is 25.5 Å². The van der Waals surface area contributed by atoms with Crippen LogP contribution in [0.15, 0.2) is 29.3 Å². The van der Waals surface area contributed by atoms with Crippen LogP contribution < -0.4 is 15.8 Å². The SMILES string of the molecule is CCc1ccc(NC(N)=NCCCNS(=O)(=O)CC)cc1. The third kappa shape index (κ3) is 7.10. The second-order valence-corrected chi connectivity index (χ2v) is 6.69. The number of anilines is 1. The van der Waals surface area contributed by atoms with E-state index in [4.69, 9.17) is 5.73 Å². The highest BCUT2D eigenvalue weighted by atomic mass is 32.2. The number of hydrogen-bond acceptors (Lipinski definition) is 3. The Hall–Kier alpha value is -1.60. The molecule has 0 radical (unpaired) electrons. The van der Waals surface area contributed by atoms with Gasteiger partial charge in [0.2, 0.25) is 10.0 Å². The quantitative estimate of drug-likeness (QED) is 0.383. The first-order valence-electron chi connectivity index (χ1n) is 7.10. The lowest BCUT2D eigenvalue weighted by Crippen LogP contribution is -2.27. The Morgan fingerprint density at radius 1 is 1.24 bits per heavy atom. The van der Waals surface area contributed by atoms with Crippen molar-refractivity contribution in [2.24, 2.45) is 10.7 Å². The van der Waals surface area contributed by atoms with Crippen LogP contribution in [0.1, 0.15) is 25.8 Å². The number of nitrogens with zero attached hydrogens (tertiary/aromatic N) is 1. The minimum Gasteiger partial charge on any atom is -0.370 e. The van der Waals surface area contributed by atoms with Crippen LogP contribution in [0.2, 0.25) is 0 Å². The van der Waals surface area contributed by atoms with Crippen molar-refractivity contribution in [2.45, 2.75) is 26.7 Å². The Bertz CT molecular complexity index is 553. The molecule has 0 unspecified atom stereocenters. The van der Waals surface area contributed by atoms with Crippen molar-refractivity contribution in [3.05, 3.63) is 29.8 Å². The highest BCUT2D eigenvalue weighted by Crippen LogP contribution is 2.09. The van der Waals surface area contributed by atoms with E-state index in [1.54, 1.807) is 6.92 Å². The Balaban J connectivity index is 2.32. The van der Waals surface area contributed by atoms with Crippen LogP contribution >= 0.6 is 0 Å². The van der Waals surface area contributed by atoms with Crippen molar-refractivity contribution < 1.29 is 8.42 Å². The number of aryl methyl sites for hydroxylation is 1. The van der Waals surface area contributed by atoms with Crippen LogP contribution in [-0.2, 0) is 16.4 Å². The Morgan fingerprint density at radius 3 is 2.48 bits per heavy atom. The summed E-state index contributed by atoms with van der Waals surface area (Å²) in [6, 6.07) is 7.98. The first-order valence-corrected chi connectivity index (χ1v) is 8.75. The van der Waals surface area contributed by atoms with Crippen LogP contribution in [0.3, 0.4) is 0 Å². The minimum atomic E-state index is -3.12. The fraction of sp³-hybridized carbons (Fsp3) is 0.500. The summed E-state index contributed by atoms with van der Waals surface area (Å²) in [7, 11) is -3.12. The van der Waals surface area contributed by atoms with Crippen molar-refractivity contribution in [1.29, 1.82) is 0 Å². The maximum absolute atomic E-state index is 11.2. The molecule has 0 aliphatic carbocycles. The van der Waals surface area contributed by atoms with E-state index in [-0.39, 0.29) is 5.75 Å². The average molecular weight is 312 g/mol. The van der Waals surface area contributed by atoms with Gasteiger partial charge in [0.15, 0.2) is 5.96 Å². The van der Waals surface area contributed by atoms with Crippen molar-refractivity contribution in [3.8, 4) is 0 Å². The number of aliphatic imine (C=N–C) groups is 1. The largest absolute Gasteiger partial charge is 0.370 e. The summed E-state index contributed by atoms with van der Waals surface area (Å²) in [4.78, 5) is 4.16. The van der Waals surface area contributed by atoms with E-state index in [2.05, 4.69) is 22.0 Å². The van der Waals surface area contributed by atoms with Gasteiger partial charge in [-0.25, -0.2) is 13.1 Å². The van der Waals surface area contributed by atoms with Gasteiger partial charge in [-0.2, -0.15) is 0 Å². The van der Waals surface area contributed by atoms with Crippen LogP contribution in [0.5, 0.6) is 0 Å². The normalized spacial score (nSPS) is 12.4. The van der Waals surface area contributed by atoms with Gasteiger partial charge in [-0.3, -0.25) is 4.99 Å². The zero-order chi connectivity index (χ0) is 15.7. The first kappa shape index (κ1) is 17.5. The molecule has 0 saturated heterocycles. The molecule has 6 nitrogen and oxygen atoms in total. The van der Waals surface area contributed by atoms with Crippen LogP contribution in [0.4, 0.5) is 5.69 Å². The Kier molecular flexibility index (Phi) is 7.18. The zero-order valence-corrected chi connectivity index (χ0v) is 13.4. The fourth-order valence-electron chi connectivity index (χ4n) is 1.62. The first-order chi connectivity index (χ1) is 9.96. The summed E-state index contributed by atoms with van der Waals surface area (Å²) in [6.07, 6.45) is 1.61. The molecule has 0 atom stereocenters. The molecule has 0 saturated carbocycles. The molecule has 0 aliphatic rings. The summed E-state index contributed by atoms with van der Waals surface area (Å²) in [6.45, 7) is 4.55. The molecule has 4 N–H and O–H groups in total. The third-order valence-corrected chi connectivity index (χ3v) is 4.36. The summed E-state index contributed by atoms with van der Waals surface area (Å²) >= 11 is 0. The predicted octanol–water partition coefficient (Wildman–Crippen LogP) is 1.31. The lowest BCUT2D eigenvalue weighted by Gasteiger charge is -2.07. The molecule has 0 spiro atoms. The van der Waals surface area contributed by atoms with Gasteiger partial charge in [-0.1, -0.05) is 19.1 Å². The van der Waals surface area contributed by atoms with Crippen molar-refractivity contribution in [1.82, 2.24) is 4.72 Å². The molecule has 0 heterocycles. The van der Waals surface area contributed by atoms with Crippen LogP contribution in [-0.4, -0.2) is 33.2 Å². The van der Waals surface area contributed by atoms with Gasteiger partial charge in [0, 0.05) is 18.8 Å². The molecule has 118 valence electrons. The van der Waals surface area contributed by atoms with Gasteiger partial charge in [-0.15, -0.1) is 0 Å². The summed E-state index contributed by atoms with van der Waals surface area (Å²) in [5.74, 6) is 0.422. The van der Waals surface area contributed by atoms with Crippen LogP contribution in [0, 0.1) is 0 Å². The minimum absolute atomic E-state index is 0.0910. The fourth-order valence-corrected chi connectivity index (χ4v) is 2.28. The molecule has 21 heavy (non-hydrogen) atoms. The number of rotatable bonds is 8. The number of hydrogen-bond donors (Lipinski definition) is 3. The van der Waals surface area contributed by atoms with Gasteiger partial charge >= 0.3 is 0 Å². The van der Waals surface area contributed by atoms with E-state index in [1.165, 1.54) is 5.56 Å². The Labute approximate surface area is 126 Å². The van der Waals surface area contributed by atoms with E-state index >= 15 is 0 Å². The lowest BCUT2D eigenvalue weighted by atomic mass is 10.1. The van der Waals surface area contributed by atoms with E-state index < -0.39 is 10.0 Å². The lowest BCUT2D eigenvalue weighted by molar-refractivity contribution is 0.581. The molecular formula is C14H24N4O2S. The molecule has 0 bridgehead atoms. The molecule has 0 aliphatic heterocycles. The van der Waals surface area contributed by atoms with Gasteiger partial charge in [0.05, 0.1) is 5.75 Å². The van der Waals surface area contributed by atoms with E-state index in [9.17, 15) is 8.42 Å². The third-order valence-electron chi connectivity index (χ3n) is 2.95. The van der Waals surface area contributed by atoms with Gasteiger partial charge in [-0.05, 0) is 37.5 Å². The maximum Gasteiger partial charge on any atom is 0.211 e. The molecule has 7 heteroatoms. The molecular weight excluding hydrogens is 288 g/mol. The smallest absolute Gasteiger partial charge is 0.211 e. The maximum atomic E-state index is 11.2. The number of benzene rings is 1. The molecule has 1 aromatic carbocycles. The molecule has 1 aromatic rings. The highest BCUT2D eigenvalue weighted by Gasteiger charge is 2.03. The summed E-state index contributed by atoms with van der Waals surface area (Å²) in [5, 5.41) is 3.00. The summed E-state index contributed by atoms with van der Waals surface area (Å²) < 4.78 is 24.9. The predicted molar refractivity (Wildman–Crippen MR) is 88.0 cm³/mol. The zero-order valence-electron chi connectivity index (χ0n) is 12.6. The van der Waals surface area contributed by atoms with Gasteiger partial charge in [0.25, 0.3) is 0 Å². The van der Waals surface area contributed by atoms with Crippen LogP contribution in [0.25, 0.3) is 0 Å². The number of nitrogens with two attached hydrogens (primary N) is 1. The molecule has 0 fully saturated rings. The standard InChI is InChI=1S/C14H24N4O2S/c1-3-12-6-8-13(9-7-12)18-14(15)16-10-5-11-17-21(19,20)4-2/h6-9,17H,3-5,10-11H2,1-2H3,(H3,15,16,18). The van der Waals surface area contributed by atoms with Crippen molar-refractivity contribution in [2.75, 3.05) is 24.2 Å². The average Bonchev–Trinajstić information content (AvgIpc) is 2.47. The molecule has 0 aromatic heterocycles. The highest BCUT2D eigenvalue weighted by molar-refractivity contribution is 7.89. The molecule has 0 amide bonds. The van der Waals surface area contributed by atoms with Crippen molar-refractivity contribution in [3.63, 3.8) is 0 Å². The van der Waals surface area contributed by atoms with Crippen molar-refractivity contribution >= 4 is 21.7 Å². The van der Waals surface area contributed by atoms with Gasteiger partial charge < -0.3 is 11.1 Å². The number of nitrogens with one attached hydrogen (secondary N) is 2. The van der Waals surface area contributed by atoms with E-state index in [0.717, 1.165) is 12.1 Å². The molecule has 1 rings (SSSR count). The number of guanidine groups is 1. The Morgan fingerprint density at radius 2 is 1.90 bits per heavy atom. The summed E-state index contributed by atoms with van der Waals surface area (Å²) in [5.41, 5.74) is 7.92. The second-order valence-electron chi connectivity index (χ2n) is 4.59. The number of sulfonamides is 1. The van der Waals surface area contributed by atoms with Gasteiger partial charge in [0.1, 0.15) is 0 Å². The van der Waals surface area contributed by atoms with E-state index in [1.807, 2.05) is 24.3 Å². The topological polar surface area (TPSA) is 96.6 Å². The second kappa shape index (κ2) is 8.63. The monoisotopic (exact) mass is 312 g/mol.